The number of hydrogen-bond donors (Lipinski definition) is 1. The highest BCUT2D eigenvalue weighted by molar-refractivity contribution is 7.21. The SMILES string of the molecule is O=C(Cc1ccccc1)Nc1cccc(-c2nc3ccccc3s2)c1. The van der Waals surface area contributed by atoms with Gasteiger partial charge in [-0.15, -0.1) is 11.3 Å². The van der Waals surface area contributed by atoms with Gasteiger partial charge in [-0.25, -0.2) is 4.98 Å². The molecule has 0 atom stereocenters. The summed E-state index contributed by atoms with van der Waals surface area (Å²) >= 11 is 1.66. The number of fused-ring (bicyclic) bond motifs is 1. The van der Waals surface area contributed by atoms with E-state index < -0.39 is 0 Å². The number of para-hydroxylation sites is 1. The summed E-state index contributed by atoms with van der Waals surface area (Å²) in [4.78, 5) is 16.9. The van der Waals surface area contributed by atoms with E-state index in [-0.39, 0.29) is 5.91 Å². The standard InChI is InChI=1S/C21H16N2OS/c24-20(13-15-7-2-1-3-8-15)22-17-10-6-9-16(14-17)21-23-18-11-4-5-12-19(18)25-21/h1-12,14H,13H2,(H,22,24). The Balaban J connectivity index is 1.54. The second-order valence-corrected chi connectivity index (χ2v) is 6.81. The number of carbonyl (C=O) groups is 1. The Labute approximate surface area is 150 Å². The molecule has 4 rings (SSSR count). The maximum absolute atomic E-state index is 12.2. The zero-order chi connectivity index (χ0) is 17.1. The largest absolute Gasteiger partial charge is 0.326 e. The zero-order valence-electron chi connectivity index (χ0n) is 13.5. The van der Waals surface area contributed by atoms with Gasteiger partial charge in [0.2, 0.25) is 5.91 Å². The van der Waals surface area contributed by atoms with E-state index in [2.05, 4.69) is 16.4 Å². The Morgan fingerprint density at radius 2 is 1.72 bits per heavy atom. The van der Waals surface area contributed by atoms with Gasteiger partial charge in [0, 0.05) is 11.3 Å². The number of nitrogens with zero attached hydrogens (tertiary/aromatic N) is 1. The molecule has 4 aromatic rings. The fourth-order valence-electron chi connectivity index (χ4n) is 2.71. The number of anilines is 1. The molecular formula is C21H16N2OS. The average molecular weight is 344 g/mol. The lowest BCUT2D eigenvalue weighted by Crippen LogP contribution is -2.14. The molecule has 0 saturated carbocycles. The number of carbonyl (C=O) groups excluding carboxylic acids is 1. The molecule has 1 heterocycles. The molecule has 1 aromatic heterocycles. The molecule has 0 aliphatic heterocycles. The Kier molecular flexibility index (Phi) is 4.27. The van der Waals surface area contributed by atoms with Crippen LogP contribution in [0.5, 0.6) is 0 Å². The summed E-state index contributed by atoms with van der Waals surface area (Å²) < 4.78 is 1.16. The van der Waals surface area contributed by atoms with E-state index in [1.54, 1.807) is 11.3 Å². The van der Waals surface area contributed by atoms with Gasteiger partial charge in [0.15, 0.2) is 0 Å². The summed E-state index contributed by atoms with van der Waals surface area (Å²) in [6, 6.07) is 25.7. The molecule has 1 N–H and O–H groups in total. The molecule has 4 heteroatoms. The van der Waals surface area contributed by atoms with Gasteiger partial charge in [-0.2, -0.15) is 0 Å². The number of aromatic nitrogens is 1. The predicted octanol–water partition coefficient (Wildman–Crippen LogP) is 5.14. The van der Waals surface area contributed by atoms with E-state index in [9.17, 15) is 4.79 Å². The van der Waals surface area contributed by atoms with Crippen molar-refractivity contribution < 1.29 is 4.79 Å². The summed E-state index contributed by atoms with van der Waals surface area (Å²) in [7, 11) is 0. The molecule has 25 heavy (non-hydrogen) atoms. The number of rotatable bonds is 4. The van der Waals surface area contributed by atoms with E-state index in [1.165, 1.54) is 0 Å². The number of nitrogens with one attached hydrogen (secondary N) is 1. The van der Waals surface area contributed by atoms with Gasteiger partial charge in [0.05, 0.1) is 16.6 Å². The third kappa shape index (κ3) is 3.59. The van der Waals surface area contributed by atoms with E-state index in [0.717, 1.165) is 32.0 Å². The summed E-state index contributed by atoms with van der Waals surface area (Å²) in [6.45, 7) is 0. The molecule has 0 fully saturated rings. The molecule has 0 radical (unpaired) electrons. The lowest BCUT2D eigenvalue weighted by molar-refractivity contribution is -0.115. The molecule has 0 bridgehead atoms. The minimum atomic E-state index is -0.0207. The van der Waals surface area contributed by atoms with Gasteiger partial charge < -0.3 is 5.32 Å². The molecule has 3 nitrogen and oxygen atoms in total. The normalized spacial score (nSPS) is 10.7. The Bertz CT molecular complexity index is 991. The molecule has 0 saturated heterocycles. The second kappa shape index (κ2) is 6.87. The third-order valence-electron chi connectivity index (χ3n) is 3.89. The van der Waals surface area contributed by atoms with Crippen molar-refractivity contribution in [3.63, 3.8) is 0 Å². The van der Waals surface area contributed by atoms with Crippen molar-refractivity contribution in [2.75, 3.05) is 5.32 Å². The predicted molar refractivity (Wildman–Crippen MR) is 104 cm³/mol. The zero-order valence-corrected chi connectivity index (χ0v) is 14.3. The van der Waals surface area contributed by atoms with Gasteiger partial charge in [-0.3, -0.25) is 4.79 Å². The van der Waals surface area contributed by atoms with Gasteiger partial charge in [-0.05, 0) is 29.8 Å². The molecule has 0 spiro atoms. The number of thiazole rings is 1. The van der Waals surface area contributed by atoms with Crippen molar-refractivity contribution >= 4 is 33.1 Å². The van der Waals surface area contributed by atoms with E-state index in [4.69, 9.17) is 0 Å². The third-order valence-corrected chi connectivity index (χ3v) is 4.98. The van der Waals surface area contributed by atoms with E-state index in [0.29, 0.717) is 6.42 Å². The maximum atomic E-state index is 12.2. The van der Waals surface area contributed by atoms with Crippen molar-refractivity contribution in [1.29, 1.82) is 0 Å². The van der Waals surface area contributed by atoms with Crippen LogP contribution in [0.3, 0.4) is 0 Å². The Hall–Kier alpha value is -2.98. The Morgan fingerprint density at radius 1 is 0.920 bits per heavy atom. The summed E-state index contributed by atoms with van der Waals surface area (Å²) in [5.41, 5.74) is 3.81. The minimum Gasteiger partial charge on any atom is -0.326 e. The van der Waals surface area contributed by atoms with Gasteiger partial charge in [0.1, 0.15) is 5.01 Å². The Morgan fingerprint density at radius 3 is 2.56 bits per heavy atom. The smallest absolute Gasteiger partial charge is 0.228 e. The lowest BCUT2D eigenvalue weighted by Gasteiger charge is -2.06. The average Bonchev–Trinajstić information content (AvgIpc) is 3.07. The second-order valence-electron chi connectivity index (χ2n) is 5.78. The maximum Gasteiger partial charge on any atom is 0.228 e. The highest BCUT2D eigenvalue weighted by Gasteiger charge is 2.08. The molecule has 0 unspecified atom stereocenters. The van der Waals surface area contributed by atoms with Crippen molar-refractivity contribution in [1.82, 2.24) is 4.98 Å². The fourth-order valence-corrected chi connectivity index (χ4v) is 3.67. The number of hydrogen-bond acceptors (Lipinski definition) is 3. The summed E-state index contributed by atoms with van der Waals surface area (Å²) in [5, 5.41) is 3.93. The topological polar surface area (TPSA) is 42.0 Å². The van der Waals surface area contributed by atoms with Crippen molar-refractivity contribution in [2.24, 2.45) is 0 Å². The fraction of sp³-hybridized carbons (Fsp3) is 0.0476. The van der Waals surface area contributed by atoms with Crippen molar-refractivity contribution in [3.05, 3.63) is 84.4 Å². The van der Waals surface area contributed by atoms with Crippen molar-refractivity contribution in [2.45, 2.75) is 6.42 Å². The minimum absolute atomic E-state index is 0.0207. The number of amides is 1. The van der Waals surface area contributed by atoms with E-state index >= 15 is 0 Å². The molecular weight excluding hydrogens is 328 g/mol. The van der Waals surface area contributed by atoms with Crippen LogP contribution in [0, 0.1) is 0 Å². The quantitative estimate of drug-likeness (QED) is 0.557. The first-order valence-corrected chi connectivity index (χ1v) is 8.89. The summed E-state index contributed by atoms with van der Waals surface area (Å²) in [5.74, 6) is -0.0207. The summed E-state index contributed by atoms with van der Waals surface area (Å²) in [6.07, 6.45) is 0.367. The number of benzene rings is 3. The first kappa shape index (κ1) is 15.5. The monoisotopic (exact) mass is 344 g/mol. The van der Waals surface area contributed by atoms with Crippen LogP contribution in [0.25, 0.3) is 20.8 Å². The highest BCUT2D eigenvalue weighted by Crippen LogP contribution is 2.31. The highest BCUT2D eigenvalue weighted by atomic mass is 32.1. The van der Waals surface area contributed by atoms with Crippen LogP contribution in [0.15, 0.2) is 78.9 Å². The van der Waals surface area contributed by atoms with Gasteiger partial charge in [0.25, 0.3) is 0 Å². The van der Waals surface area contributed by atoms with Crippen LogP contribution >= 0.6 is 11.3 Å². The molecule has 1 amide bonds. The van der Waals surface area contributed by atoms with Crippen molar-refractivity contribution in [3.8, 4) is 10.6 Å². The first-order valence-electron chi connectivity index (χ1n) is 8.08. The van der Waals surface area contributed by atoms with E-state index in [1.807, 2.05) is 72.8 Å². The van der Waals surface area contributed by atoms with Crippen LogP contribution in [0.4, 0.5) is 5.69 Å². The van der Waals surface area contributed by atoms with Crippen LogP contribution in [0.2, 0.25) is 0 Å². The van der Waals surface area contributed by atoms with Gasteiger partial charge in [-0.1, -0.05) is 54.6 Å². The lowest BCUT2D eigenvalue weighted by atomic mass is 10.1. The molecule has 3 aromatic carbocycles. The van der Waals surface area contributed by atoms with Crippen LogP contribution in [0.1, 0.15) is 5.56 Å². The molecule has 0 aliphatic rings. The van der Waals surface area contributed by atoms with Crippen LogP contribution in [-0.2, 0) is 11.2 Å². The van der Waals surface area contributed by atoms with Crippen LogP contribution < -0.4 is 5.32 Å². The molecule has 0 aliphatic carbocycles. The first-order chi connectivity index (χ1) is 12.3. The molecule has 122 valence electrons. The van der Waals surface area contributed by atoms with Gasteiger partial charge >= 0.3 is 0 Å². The van der Waals surface area contributed by atoms with Crippen LogP contribution in [-0.4, -0.2) is 10.9 Å².